The Labute approximate surface area is 169 Å². The van der Waals surface area contributed by atoms with Crippen LogP contribution >= 0.6 is 0 Å². The number of imidazole rings is 1. The Morgan fingerprint density at radius 1 is 1.38 bits per heavy atom. The molecule has 0 amide bonds. The maximum absolute atomic E-state index is 5.44. The number of aryl methyl sites for hydroxylation is 1. The van der Waals surface area contributed by atoms with Crippen LogP contribution in [0.1, 0.15) is 64.4 Å². The molecule has 1 atom stereocenters. The van der Waals surface area contributed by atoms with Crippen molar-refractivity contribution in [3.8, 4) is 12.3 Å². The fourth-order valence-electron chi connectivity index (χ4n) is 3.04. The Hall–Kier alpha value is -1.28. The Kier molecular flexibility index (Phi) is 6.96. The van der Waals surface area contributed by atoms with Crippen LogP contribution in [0.3, 0.4) is 0 Å². The van der Waals surface area contributed by atoms with E-state index in [1.54, 1.807) is 0 Å². The van der Waals surface area contributed by atoms with E-state index in [-0.39, 0.29) is 21.2 Å². The second kappa shape index (κ2) is 8.61. The normalized spacial score (nSPS) is 15.7. The Morgan fingerprint density at radius 2 is 2.04 bits per heavy atom. The summed E-state index contributed by atoms with van der Waals surface area (Å²) in [7, 11) is 0. The number of fused-ring (bicyclic) bond motifs is 1. The summed E-state index contributed by atoms with van der Waals surface area (Å²) in [6.07, 6.45) is 9.31. The number of rotatable bonds is 3. The van der Waals surface area contributed by atoms with Crippen LogP contribution < -0.4 is 21.2 Å². The van der Waals surface area contributed by atoms with Crippen molar-refractivity contribution in [3.63, 3.8) is 0 Å². The molecule has 1 aromatic heterocycles. The molecule has 1 aromatic carbocycles. The number of hydrogen-bond donors (Lipinski definition) is 0. The summed E-state index contributed by atoms with van der Waals surface area (Å²) in [5.41, 5.74) is 3.60. The zero-order chi connectivity index (χ0) is 19.5. The van der Waals surface area contributed by atoms with Crippen LogP contribution in [-0.2, 0) is 0 Å². The van der Waals surface area contributed by atoms with Crippen molar-refractivity contribution in [1.82, 2.24) is 9.55 Å². The van der Waals surface area contributed by atoms with Crippen LogP contribution in [-0.4, -0.2) is 14.5 Å². The van der Waals surface area contributed by atoms with E-state index in [0.29, 0.717) is 17.4 Å². The first-order valence-electron chi connectivity index (χ1n) is 9.32. The summed E-state index contributed by atoms with van der Waals surface area (Å²) >= 11 is 0.244. The molecule has 1 heterocycles. The predicted octanol–water partition coefficient (Wildman–Crippen LogP) is 2.95. The second-order valence-electron chi connectivity index (χ2n) is 8.19. The molecular weight excluding hydrogens is 431 g/mol. The van der Waals surface area contributed by atoms with Crippen molar-refractivity contribution in [2.45, 2.75) is 59.9 Å². The van der Waals surface area contributed by atoms with Crippen LogP contribution in [0.25, 0.3) is 11.0 Å². The van der Waals surface area contributed by atoms with Crippen molar-refractivity contribution in [2.24, 2.45) is 11.3 Å². The molecule has 1 saturated carbocycles. The standard InChI is InChI=1S/C14H14N2.C9H18I/c1-3-11-7-8-13-14(9-11)16(10(2)15-13)12-5-4-6-12;1-7(8(2)10-6)9(3,4)5/h1,7-9,12H,4-6H2,2H3;7H,2H2,1,3-6H3/q;-1/t;7-/m.0/s1. The third kappa shape index (κ3) is 4.71. The summed E-state index contributed by atoms with van der Waals surface area (Å²) < 4.78 is 3.82. The molecule has 3 rings (SSSR count). The number of terminal acetylenes is 1. The Bertz CT molecular complexity index is 813. The molecule has 1 aliphatic carbocycles. The number of nitrogens with zero attached hydrogens (tertiary/aromatic N) is 2. The molecule has 1 aliphatic rings. The van der Waals surface area contributed by atoms with Gasteiger partial charge in [-0.15, -0.1) is 6.42 Å². The quantitative estimate of drug-likeness (QED) is 0.389. The molecule has 2 nitrogen and oxygen atoms in total. The first-order valence-corrected chi connectivity index (χ1v) is 12.6. The zero-order valence-electron chi connectivity index (χ0n) is 17.1. The van der Waals surface area contributed by atoms with E-state index < -0.39 is 0 Å². The van der Waals surface area contributed by atoms with Crippen molar-refractivity contribution in [1.29, 1.82) is 0 Å². The summed E-state index contributed by atoms with van der Waals surface area (Å²) in [4.78, 5) is 6.87. The van der Waals surface area contributed by atoms with Gasteiger partial charge in [0.15, 0.2) is 0 Å². The molecule has 0 unspecified atom stereocenters. The van der Waals surface area contributed by atoms with E-state index in [9.17, 15) is 0 Å². The predicted molar refractivity (Wildman–Crippen MR) is 109 cm³/mol. The summed E-state index contributed by atoms with van der Waals surface area (Å²) in [6.45, 7) is 15.3. The van der Waals surface area contributed by atoms with Gasteiger partial charge in [0.2, 0.25) is 0 Å². The summed E-state index contributed by atoms with van der Waals surface area (Å²) in [5, 5.41) is 0. The number of halogens is 1. The van der Waals surface area contributed by atoms with Gasteiger partial charge in [-0.3, -0.25) is 0 Å². The van der Waals surface area contributed by atoms with Crippen LogP contribution in [0.5, 0.6) is 0 Å². The zero-order valence-corrected chi connectivity index (χ0v) is 19.2. The summed E-state index contributed by atoms with van der Waals surface area (Å²) in [6, 6.07) is 6.69. The number of benzene rings is 1. The number of allylic oxidation sites excluding steroid dienone is 1. The molecule has 3 heteroatoms. The van der Waals surface area contributed by atoms with Gasteiger partial charge >= 0.3 is 75.3 Å². The van der Waals surface area contributed by atoms with Crippen LogP contribution in [0.15, 0.2) is 28.4 Å². The van der Waals surface area contributed by atoms with Gasteiger partial charge in [0.05, 0.1) is 11.0 Å². The van der Waals surface area contributed by atoms with Gasteiger partial charge in [0, 0.05) is 11.6 Å². The minimum atomic E-state index is 0.244. The van der Waals surface area contributed by atoms with Gasteiger partial charge in [-0.05, 0) is 44.4 Å². The fourth-order valence-corrected chi connectivity index (χ4v) is 4.91. The van der Waals surface area contributed by atoms with Crippen LogP contribution in [0.2, 0.25) is 0 Å². The van der Waals surface area contributed by atoms with E-state index in [1.807, 2.05) is 12.1 Å². The van der Waals surface area contributed by atoms with Crippen LogP contribution in [0.4, 0.5) is 0 Å². The van der Waals surface area contributed by atoms with Gasteiger partial charge in [-0.25, -0.2) is 4.98 Å². The van der Waals surface area contributed by atoms with Crippen molar-refractivity contribution in [3.05, 3.63) is 39.7 Å². The number of hydrogen-bond acceptors (Lipinski definition) is 1. The van der Waals surface area contributed by atoms with Gasteiger partial charge < -0.3 is 4.57 Å². The van der Waals surface area contributed by atoms with Crippen molar-refractivity contribution >= 4 is 11.0 Å². The molecule has 2 aromatic rings. The average Bonchev–Trinajstić information content (AvgIpc) is 2.87. The fraction of sp³-hybridized carbons (Fsp3) is 0.522. The first-order chi connectivity index (χ1) is 12.2. The van der Waals surface area contributed by atoms with E-state index in [1.165, 1.54) is 28.4 Å². The van der Waals surface area contributed by atoms with Crippen LogP contribution in [0, 0.1) is 30.6 Å². The van der Waals surface area contributed by atoms with E-state index in [0.717, 1.165) is 16.9 Å². The average molecular weight is 463 g/mol. The molecule has 1 fully saturated rings. The third-order valence-corrected chi connectivity index (χ3v) is 7.80. The molecule has 0 bridgehead atoms. The first kappa shape index (κ1) is 21.0. The van der Waals surface area contributed by atoms with E-state index in [2.05, 4.69) is 67.7 Å². The topological polar surface area (TPSA) is 17.8 Å². The maximum atomic E-state index is 5.44. The second-order valence-corrected chi connectivity index (χ2v) is 10.6. The molecule has 0 spiro atoms. The molecule has 26 heavy (non-hydrogen) atoms. The molecular formula is C23H32IN2-. The Balaban J connectivity index is 0.000000213. The third-order valence-electron chi connectivity index (χ3n) is 5.48. The number of alkyl halides is 1. The Morgan fingerprint density at radius 3 is 2.46 bits per heavy atom. The SMILES string of the molecule is C#Cc1ccc2nc(C)n(C3CCC3)c2c1.C=C([I-]C)[C@H](C)C(C)(C)C. The minimum absolute atomic E-state index is 0.244. The van der Waals surface area contributed by atoms with Gasteiger partial charge in [-0.2, -0.15) is 0 Å². The number of aromatic nitrogens is 2. The van der Waals surface area contributed by atoms with Gasteiger partial charge in [0.1, 0.15) is 5.82 Å². The van der Waals surface area contributed by atoms with Crippen molar-refractivity contribution in [2.75, 3.05) is 4.93 Å². The molecule has 0 N–H and O–H groups in total. The van der Waals surface area contributed by atoms with Gasteiger partial charge in [-0.1, -0.05) is 5.92 Å². The van der Waals surface area contributed by atoms with Crippen molar-refractivity contribution < 1.29 is 21.2 Å². The molecule has 0 radical (unpaired) electrons. The van der Waals surface area contributed by atoms with Gasteiger partial charge in [0.25, 0.3) is 0 Å². The summed E-state index contributed by atoms with van der Waals surface area (Å²) in [5.74, 6) is 4.48. The monoisotopic (exact) mass is 463 g/mol. The molecule has 0 saturated heterocycles. The molecule has 142 valence electrons. The molecule has 0 aliphatic heterocycles. The van der Waals surface area contributed by atoms with E-state index in [4.69, 9.17) is 6.42 Å². The van der Waals surface area contributed by atoms with E-state index >= 15 is 0 Å².